The third-order valence-electron chi connectivity index (χ3n) is 4.28. The van der Waals surface area contributed by atoms with Gasteiger partial charge < -0.3 is 4.74 Å². The van der Waals surface area contributed by atoms with Crippen molar-refractivity contribution in [2.45, 2.75) is 103 Å². The van der Waals surface area contributed by atoms with Gasteiger partial charge in [0.1, 0.15) is 6.10 Å². The van der Waals surface area contributed by atoms with E-state index >= 15 is 0 Å². The van der Waals surface area contributed by atoms with Crippen LogP contribution in [0.15, 0.2) is 11.8 Å². The molecule has 21 heavy (non-hydrogen) atoms. The highest BCUT2D eigenvalue weighted by Gasteiger charge is 2.18. The van der Waals surface area contributed by atoms with Crippen molar-refractivity contribution >= 4 is 5.78 Å². The summed E-state index contributed by atoms with van der Waals surface area (Å²) in [6.07, 6.45) is 18.4. The molecule has 1 aliphatic heterocycles. The lowest BCUT2D eigenvalue weighted by molar-refractivity contribution is -0.118. The van der Waals surface area contributed by atoms with Gasteiger partial charge in [-0.3, -0.25) is 4.79 Å². The maximum absolute atomic E-state index is 11.4. The summed E-state index contributed by atoms with van der Waals surface area (Å²) >= 11 is 0. The van der Waals surface area contributed by atoms with E-state index in [1.807, 2.05) is 6.92 Å². The predicted molar refractivity (Wildman–Crippen MR) is 89.3 cm³/mol. The maximum atomic E-state index is 11.4. The molecule has 0 bridgehead atoms. The van der Waals surface area contributed by atoms with Gasteiger partial charge in [0, 0.05) is 12.5 Å². The molecule has 0 saturated heterocycles. The minimum absolute atomic E-state index is 0.140. The van der Waals surface area contributed by atoms with Crippen molar-refractivity contribution in [3.8, 4) is 0 Å². The smallest absolute Gasteiger partial charge is 0.162 e. The highest BCUT2D eigenvalue weighted by molar-refractivity contribution is 5.91. The lowest BCUT2D eigenvalue weighted by Crippen LogP contribution is -2.21. The van der Waals surface area contributed by atoms with Crippen LogP contribution in [0.25, 0.3) is 0 Å². The largest absolute Gasteiger partial charge is 0.494 e. The lowest BCUT2D eigenvalue weighted by Gasteiger charge is -2.22. The van der Waals surface area contributed by atoms with Crippen LogP contribution in [0.4, 0.5) is 0 Å². The number of allylic oxidation sites excluding steroid dienone is 2. The monoisotopic (exact) mass is 294 g/mol. The first kappa shape index (κ1) is 18.3. The Morgan fingerprint density at radius 1 is 0.952 bits per heavy atom. The Labute approximate surface area is 131 Å². The molecule has 0 aromatic rings. The van der Waals surface area contributed by atoms with Crippen molar-refractivity contribution in [1.29, 1.82) is 0 Å². The van der Waals surface area contributed by atoms with Gasteiger partial charge in [-0.05, 0) is 19.8 Å². The van der Waals surface area contributed by atoms with Crippen molar-refractivity contribution in [2.75, 3.05) is 0 Å². The minimum Gasteiger partial charge on any atom is -0.494 e. The first-order chi connectivity index (χ1) is 10.2. The number of hydrogen-bond acceptors (Lipinski definition) is 2. The number of ether oxygens (including phenoxy) is 1. The zero-order valence-electron chi connectivity index (χ0n) is 14.2. The van der Waals surface area contributed by atoms with Gasteiger partial charge >= 0.3 is 0 Å². The quantitative estimate of drug-likeness (QED) is 0.416. The Balaban J connectivity index is 1.85. The fraction of sp³-hybridized carbons (Fsp3) is 0.842. The number of rotatable bonds is 12. The Morgan fingerprint density at radius 2 is 1.48 bits per heavy atom. The summed E-state index contributed by atoms with van der Waals surface area (Å²) in [7, 11) is 0. The lowest BCUT2D eigenvalue weighted by atomic mass is 10.0. The minimum atomic E-state index is 0.140. The summed E-state index contributed by atoms with van der Waals surface area (Å²) < 4.78 is 5.69. The molecule has 0 amide bonds. The average molecular weight is 294 g/mol. The van der Waals surface area contributed by atoms with Crippen LogP contribution in [-0.4, -0.2) is 11.9 Å². The molecule has 1 rings (SSSR count). The van der Waals surface area contributed by atoms with Crippen molar-refractivity contribution < 1.29 is 9.53 Å². The van der Waals surface area contributed by atoms with E-state index in [4.69, 9.17) is 4.74 Å². The summed E-state index contributed by atoms with van der Waals surface area (Å²) in [5, 5.41) is 0. The van der Waals surface area contributed by atoms with E-state index in [0.29, 0.717) is 6.42 Å². The molecule has 0 saturated carbocycles. The first-order valence-corrected chi connectivity index (χ1v) is 9.10. The molecule has 0 N–H and O–H groups in total. The summed E-state index contributed by atoms with van der Waals surface area (Å²) in [5.74, 6) is 1.02. The van der Waals surface area contributed by atoms with Crippen molar-refractivity contribution in [3.63, 3.8) is 0 Å². The number of carbonyl (C=O) groups is 1. The second kappa shape index (κ2) is 11.8. The van der Waals surface area contributed by atoms with E-state index in [1.165, 1.54) is 70.6 Å². The summed E-state index contributed by atoms with van der Waals surface area (Å²) in [6.45, 7) is 4.15. The van der Waals surface area contributed by atoms with Crippen LogP contribution in [0.1, 0.15) is 97.3 Å². The Hall–Kier alpha value is -0.790. The molecule has 0 fully saturated rings. The molecule has 0 spiro atoms. The third kappa shape index (κ3) is 9.71. The van der Waals surface area contributed by atoms with Crippen LogP contribution in [0.3, 0.4) is 0 Å². The zero-order valence-corrected chi connectivity index (χ0v) is 14.2. The van der Waals surface area contributed by atoms with Crippen molar-refractivity contribution in [2.24, 2.45) is 0 Å². The maximum Gasteiger partial charge on any atom is 0.162 e. The van der Waals surface area contributed by atoms with E-state index < -0.39 is 0 Å². The van der Waals surface area contributed by atoms with Gasteiger partial charge in [-0.2, -0.15) is 0 Å². The van der Waals surface area contributed by atoms with Crippen LogP contribution in [0.2, 0.25) is 0 Å². The molecule has 0 unspecified atom stereocenters. The van der Waals surface area contributed by atoms with Crippen molar-refractivity contribution in [3.05, 3.63) is 11.8 Å². The summed E-state index contributed by atoms with van der Waals surface area (Å²) in [6, 6.07) is 0. The molecule has 0 aromatic carbocycles. The average Bonchev–Trinajstić information content (AvgIpc) is 2.44. The van der Waals surface area contributed by atoms with Gasteiger partial charge in [-0.1, -0.05) is 71.1 Å². The van der Waals surface area contributed by atoms with Gasteiger partial charge in [0.15, 0.2) is 5.78 Å². The number of ketones is 1. The van der Waals surface area contributed by atoms with Crippen LogP contribution in [0.5, 0.6) is 0 Å². The molecule has 122 valence electrons. The molecule has 0 aromatic heterocycles. The van der Waals surface area contributed by atoms with Crippen LogP contribution in [0, 0.1) is 0 Å². The summed E-state index contributed by atoms with van der Waals surface area (Å²) in [4.78, 5) is 11.4. The molecule has 2 nitrogen and oxygen atoms in total. The van der Waals surface area contributed by atoms with Crippen LogP contribution in [-0.2, 0) is 9.53 Å². The fourth-order valence-electron chi connectivity index (χ4n) is 3.05. The second-order valence-electron chi connectivity index (χ2n) is 6.49. The molecule has 2 heteroatoms. The van der Waals surface area contributed by atoms with Gasteiger partial charge in [0.25, 0.3) is 0 Å². The topological polar surface area (TPSA) is 26.3 Å². The molecule has 0 radical (unpaired) electrons. The molecular formula is C19H34O2. The number of hydrogen-bond donors (Lipinski definition) is 0. The Kier molecular flexibility index (Phi) is 10.3. The molecule has 1 heterocycles. The van der Waals surface area contributed by atoms with Gasteiger partial charge in [-0.25, -0.2) is 0 Å². The van der Waals surface area contributed by atoms with Gasteiger partial charge in [0.2, 0.25) is 0 Å². The first-order valence-electron chi connectivity index (χ1n) is 9.10. The van der Waals surface area contributed by atoms with E-state index in [2.05, 4.69) is 6.92 Å². The standard InChI is InChI=1S/C19H34O2/c1-3-4-5-6-7-8-9-10-11-12-13-14-19-16-18(20)15-17(2)21-19/h15,19H,3-14,16H2,1-2H3/t19-/m0/s1. The van der Waals surface area contributed by atoms with E-state index in [-0.39, 0.29) is 11.9 Å². The molecular weight excluding hydrogens is 260 g/mol. The number of carbonyl (C=O) groups excluding carboxylic acids is 1. The number of unbranched alkanes of at least 4 members (excludes halogenated alkanes) is 10. The normalized spacial score (nSPS) is 18.5. The SMILES string of the molecule is CCCCCCCCCCCCC[C@H]1CC(=O)C=C(C)O1. The van der Waals surface area contributed by atoms with Gasteiger partial charge in [-0.15, -0.1) is 0 Å². The van der Waals surface area contributed by atoms with E-state index in [0.717, 1.165) is 12.2 Å². The van der Waals surface area contributed by atoms with E-state index in [9.17, 15) is 4.79 Å². The predicted octanol–water partition coefficient (Wildman–Crippen LogP) is 5.95. The van der Waals surface area contributed by atoms with Crippen molar-refractivity contribution in [1.82, 2.24) is 0 Å². The zero-order chi connectivity index (χ0) is 15.3. The molecule has 1 aliphatic rings. The highest BCUT2D eigenvalue weighted by Crippen LogP contribution is 2.20. The highest BCUT2D eigenvalue weighted by atomic mass is 16.5. The summed E-state index contributed by atoms with van der Waals surface area (Å²) in [5.41, 5.74) is 0. The Morgan fingerprint density at radius 3 is 2.00 bits per heavy atom. The third-order valence-corrected chi connectivity index (χ3v) is 4.28. The molecule has 1 atom stereocenters. The second-order valence-corrected chi connectivity index (χ2v) is 6.49. The van der Waals surface area contributed by atoms with Gasteiger partial charge in [0.05, 0.1) is 5.76 Å². The molecule has 0 aliphatic carbocycles. The fourth-order valence-corrected chi connectivity index (χ4v) is 3.05. The van der Waals surface area contributed by atoms with E-state index in [1.54, 1.807) is 6.08 Å². The van der Waals surface area contributed by atoms with Crippen LogP contribution >= 0.6 is 0 Å². The van der Waals surface area contributed by atoms with Crippen LogP contribution < -0.4 is 0 Å². The Bertz CT molecular complexity index is 307.